The molecule has 0 nitrogen and oxygen atoms in total. The van der Waals surface area contributed by atoms with Gasteiger partial charge in [0, 0.05) is 0 Å². The summed E-state index contributed by atoms with van der Waals surface area (Å²) in [6, 6.07) is 8.52. The molecule has 0 N–H and O–H groups in total. The van der Waals surface area contributed by atoms with Crippen LogP contribution in [0, 0.1) is 18.4 Å². The fourth-order valence-electron chi connectivity index (χ4n) is 3.24. The molecule has 2 atom stereocenters. The van der Waals surface area contributed by atoms with Gasteiger partial charge >= 0.3 is 26.2 Å². The van der Waals surface area contributed by atoms with Crippen LogP contribution in [0.15, 0.2) is 48.1 Å². The second-order valence-electron chi connectivity index (χ2n) is 5.71. The Morgan fingerprint density at radius 2 is 2.00 bits per heavy atom. The van der Waals surface area contributed by atoms with Crippen molar-refractivity contribution in [2.45, 2.75) is 38.5 Å². The molecule has 23 heavy (non-hydrogen) atoms. The van der Waals surface area contributed by atoms with E-state index in [2.05, 4.69) is 68.0 Å². The summed E-state index contributed by atoms with van der Waals surface area (Å²) in [6.07, 6.45) is 19.6. The van der Waals surface area contributed by atoms with Crippen molar-refractivity contribution < 1.29 is 51.0 Å². The molecule has 0 bridgehead atoms. The van der Waals surface area contributed by atoms with E-state index in [9.17, 15) is 0 Å². The Labute approximate surface area is 172 Å². The molecule has 1 saturated carbocycles. The van der Waals surface area contributed by atoms with Crippen LogP contribution in [0.2, 0.25) is 0 Å². The van der Waals surface area contributed by atoms with Crippen molar-refractivity contribution >= 4 is 6.08 Å². The van der Waals surface area contributed by atoms with Crippen molar-refractivity contribution in [1.29, 1.82) is 0 Å². The van der Waals surface area contributed by atoms with Gasteiger partial charge in [-0.15, -0.1) is 30.2 Å². The van der Waals surface area contributed by atoms with Crippen molar-refractivity contribution in [2.75, 3.05) is 0 Å². The molecular weight excluding hydrogens is 402 g/mol. The molecule has 0 aliphatic heterocycles. The number of halogens is 2. The molecule has 0 heterocycles. The van der Waals surface area contributed by atoms with Gasteiger partial charge < -0.3 is 24.8 Å². The van der Waals surface area contributed by atoms with Crippen LogP contribution in [0.25, 0.3) is 6.08 Å². The molecule has 0 saturated heterocycles. The van der Waals surface area contributed by atoms with Crippen LogP contribution in [-0.4, -0.2) is 0 Å². The average molecular weight is 425 g/mol. The van der Waals surface area contributed by atoms with Gasteiger partial charge in [0.25, 0.3) is 0 Å². The molecule has 3 heteroatoms. The van der Waals surface area contributed by atoms with Crippen LogP contribution in [-0.2, 0) is 26.2 Å². The number of benzene rings is 1. The summed E-state index contributed by atoms with van der Waals surface area (Å²) < 4.78 is 0. The third kappa shape index (κ3) is 5.66. The summed E-state index contributed by atoms with van der Waals surface area (Å²) in [7, 11) is 0. The molecule has 3 aliphatic carbocycles. The van der Waals surface area contributed by atoms with Gasteiger partial charge in [0.2, 0.25) is 0 Å². The van der Waals surface area contributed by atoms with E-state index in [4.69, 9.17) is 0 Å². The van der Waals surface area contributed by atoms with E-state index in [1.807, 2.05) is 0 Å². The largest absolute Gasteiger partial charge is 4.00 e. The molecule has 2 unspecified atom stereocenters. The van der Waals surface area contributed by atoms with Crippen molar-refractivity contribution in [2.24, 2.45) is 5.92 Å². The van der Waals surface area contributed by atoms with E-state index in [-0.39, 0.29) is 51.0 Å². The summed E-state index contributed by atoms with van der Waals surface area (Å²) in [5.74, 6) is 1.43. The first-order chi connectivity index (χ1) is 9.88. The summed E-state index contributed by atoms with van der Waals surface area (Å²) in [4.78, 5) is 0. The molecule has 1 aromatic carbocycles. The van der Waals surface area contributed by atoms with Crippen LogP contribution in [0.3, 0.4) is 0 Å². The maximum Gasteiger partial charge on any atom is 4.00 e. The maximum absolute atomic E-state index is 3.35. The Morgan fingerprint density at radius 1 is 1.22 bits per heavy atom. The van der Waals surface area contributed by atoms with Crippen molar-refractivity contribution in [3.8, 4) is 0 Å². The molecule has 0 amide bonds. The van der Waals surface area contributed by atoms with Gasteiger partial charge in [0.05, 0.1) is 0 Å². The second-order valence-corrected chi connectivity index (χ2v) is 5.71. The first kappa shape index (κ1) is 22.8. The molecule has 0 aromatic heterocycles. The summed E-state index contributed by atoms with van der Waals surface area (Å²) in [5.41, 5.74) is 4.37. The number of hydrogen-bond acceptors (Lipinski definition) is 0. The minimum absolute atomic E-state index is 0. The monoisotopic (exact) mass is 422 g/mol. The molecule has 120 valence electrons. The van der Waals surface area contributed by atoms with E-state index in [0.29, 0.717) is 5.92 Å². The smallest absolute Gasteiger partial charge is 1.00 e. The molecular formula is C20H22Cl2Zr. The van der Waals surface area contributed by atoms with E-state index < -0.39 is 0 Å². The summed E-state index contributed by atoms with van der Waals surface area (Å²) in [5, 5.41) is 0. The molecule has 4 rings (SSSR count). The second kappa shape index (κ2) is 11.3. The zero-order chi connectivity index (χ0) is 13.8. The maximum atomic E-state index is 3.35. The van der Waals surface area contributed by atoms with Crippen molar-refractivity contribution in [3.63, 3.8) is 0 Å². The fourth-order valence-corrected chi connectivity index (χ4v) is 3.24. The molecule has 3 aliphatic rings. The first-order valence-electron chi connectivity index (χ1n) is 7.76. The zero-order valence-electron chi connectivity index (χ0n) is 13.4. The van der Waals surface area contributed by atoms with Gasteiger partial charge in [0.1, 0.15) is 0 Å². The Kier molecular flexibility index (Phi) is 11.2. The first-order valence-corrected chi connectivity index (χ1v) is 7.76. The fraction of sp³-hybridized carbons (Fsp3) is 0.350. The number of fused-ring (bicyclic) bond motifs is 2. The van der Waals surface area contributed by atoms with E-state index in [1.54, 1.807) is 5.57 Å². The summed E-state index contributed by atoms with van der Waals surface area (Å²) >= 11 is 0. The predicted octanol–water partition coefficient (Wildman–Crippen LogP) is -0.497. The normalized spacial score (nSPS) is 21.9. The van der Waals surface area contributed by atoms with Crippen molar-refractivity contribution in [1.82, 2.24) is 0 Å². The van der Waals surface area contributed by atoms with Gasteiger partial charge in [-0.2, -0.15) is 5.56 Å². The van der Waals surface area contributed by atoms with Crippen molar-refractivity contribution in [3.05, 3.63) is 71.7 Å². The SMILES string of the molecule is C1=CCC2CC[CH-]C2=C1.CCC1[C-]=Cc2ccccc21.[Cl-].[Cl-].[Zr+4]. The quantitative estimate of drug-likeness (QED) is 0.534. The zero-order valence-corrected chi connectivity index (χ0v) is 17.4. The van der Waals surface area contributed by atoms with Crippen LogP contribution in [0.1, 0.15) is 49.7 Å². The van der Waals surface area contributed by atoms with Crippen LogP contribution < -0.4 is 24.8 Å². The molecule has 1 aromatic rings. The predicted molar refractivity (Wildman–Crippen MR) is 86.0 cm³/mol. The topological polar surface area (TPSA) is 0 Å². The van der Waals surface area contributed by atoms with E-state index in [1.165, 1.54) is 30.4 Å². The third-order valence-corrected chi connectivity index (χ3v) is 4.43. The van der Waals surface area contributed by atoms with Gasteiger partial charge in [-0.1, -0.05) is 43.9 Å². The van der Waals surface area contributed by atoms with Crippen LogP contribution in [0.4, 0.5) is 0 Å². The van der Waals surface area contributed by atoms with Gasteiger partial charge in [-0.3, -0.25) is 6.08 Å². The average Bonchev–Trinajstić information content (AvgIpc) is 3.14. The number of hydrogen-bond donors (Lipinski definition) is 0. The van der Waals surface area contributed by atoms with E-state index >= 15 is 0 Å². The number of rotatable bonds is 1. The third-order valence-electron chi connectivity index (χ3n) is 4.43. The Balaban J connectivity index is 0.000000377. The number of allylic oxidation sites excluding steroid dienone is 5. The molecule has 0 radical (unpaired) electrons. The van der Waals surface area contributed by atoms with Crippen LogP contribution >= 0.6 is 0 Å². The Bertz CT molecular complexity index is 561. The molecule has 1 fully saturated rings. The van der Waals surface area contributed by atoms with Gasteiger partial charge in [-0.05, 0) is 12.3 Å². The standard InChI is InChI=1S/C11H11.C9H11.2ClH.Zr/c1-2-9-7-8-10-5-3-4-6-11(9)10;1-2-5-9-7-3-6-8(9)4-1;;;/h3-6,8-9H,2H2,1H3;1-2,4,6,9H,3,5,7H2;2*1H;/q2*-1;;;+4/p-2. The molecule has 0 spiro atoms. The van der Waals surface area contributed by atoms with Gasteiger partial charge in [0.15, 0.2) is 0 Å². The van der Waals surface area contributed by atoms with Gasteiger partial charge in [-0.25, -0.2) is 24.1 Å². The Morgan fingerprint density at radius 3 is 2.74 bits per heavy atom. The summed E-state index contributed by atoms with van der Waals surface area (Å²) in [6.45, 7) is 2.20. The minimum atomic E-state index is 0. The van der Waals surface area contributed by atoms with E-state index in [0.717, 1.165) is 12.3 Å². The minimum Gasteiger partial charge on any atom is -1.00 e. The van der Waals surface area contributed by atoms with Crippen LogP contribution in [0.5, 0.6) is 0 Å². The Hall–Kier alpha value is -0.227.